The second-order valence-corrected chi connectivity index (χ2v) is 8.81. The maximum absolute atomic E-state index is 13.4. The Morgan fingerprint density at radius 3 is 2.58 bits per heavy atom. The molecule has 0 radical (unpaired) electrons. The van der Waals surface area contributed by atoms with E-state index in [1.54, 1.807) is 6.08 Å². The Bertz CT molecular complexity index is 1380. The molecule has 2 heterocycles. The predicted octanol–water partition coefficient (Wildman–Crippen LogP) is 5.79. The molecule has 0 saturated carbocycles. The average Bonchev–Trinajstić information content (AvgIpc) is 3.14. The summed E-state index contributed by atoms with van der Waals surface area (Å²) >= 11 is 6.90. The Labute approximate surface area is 212 Å². The zero-order chi connectivity index (χ0) is 26.4. The minimum absolute atomic E-state index is 0.0215. The van der Waals surface area contributed by atoms with Crippen LogP contribution in [0.3, 0.4) is 0 Å². The Morgan fingerprint density at radius 2 is 1.94 bits per heavy atom. The largest absolute Gasteiger partial charge is 0.507 e. The monoisotopic (exact) mass is 540 g/mol. The Kier molecular flexibility index (Phi) is 9.08. The number of rotatable bonds is 10. The lowest BCUT2D eigenvalue weighted by atomic mass is 10.0. The van der Waals surface area contributed by atoms with Crippen molar-refractivity contribution in [2.75, 3.05) is 6.54 Å². The van der Waals surface area contributed by atoms with Crippen LogP contribution in [0.1, 0.15) is 40.8 Å². The third-order valence-electron chi connectivity index (χ3n) is 4.76. The molecule has 7 nitrogen and oxygen atoms in total. The zero-order valence-electron chi connectivity index (χ0n) is 18.8. The molecule has 2 aromatic heterocycles. The average molecular weight is 541 g/mol. The van der Waals surface area contributed by atoms with Crippen LogP contribution >= 0.6 is 22.9 Å². The van der Waals surface area contributed by atoms with Crippen LogP contribution in [0.4, 0.5) is 13.2 Å². The molecular formula is C24H20ClF3N2O5S. The van der Waals surface area contributed by atoms with E-state index >= 15 is 0 Å². The summed E-state index contributed by atoms with van der Waals surface area (Å²) < 4.78 is 50.3. The summed E-state index contributed by atoms with van der Waals surface area (Å²) in [4.78, 5) is 29.4. The lowest BCUT2D eigenvalue weighted by molar-refractivity contribution is 0.102. The number of aryl methyl sites for hydroxylation is 1. The van der Waals surface area contributed by atoms with Gasteiger partial charge >= 0.3 is 5.63 Å². The number of thiazole rings is 1. The van der Waals surface area contributed by atoms with Crippen molar-refractivity contribution >= 4 is 34.8 Å². The minimum Gasteiger partial charge on any atom is -0.507 e. The quantitative estimate of drug-likeness (QED) is 0.110. The Balaban J connectivity index is 1.77. The van der Waals surface area contributed by atoms with Gasteiger partial charge in [-0.3, -0.25) is 4.79 Å². The molecule has 3 aromatic rings. The fraction of sp³-hybridized carbons (Fsp3) is 0.208. The van der Waals surface area contributed by atoms with E-state index in [4.69, 9.17) is 26.5 Å². The Hall–Kier alpha value is -3.41. The maximum atomic E-state index is 13.4. The predicted molar refractivity (Wildman–Crippen MR) is 129 cm³/mol. The molecule has 0 atom stereocenters. The highest BCUT2D eigenvalue weighted by molar-refractivity contribution is 7.14. The van der Waals surface area contributed by atoms with Crippen molar-refractivity contribution in [1.82, 2.24) is 4.98 Å². The summed E-state index contributed by atoms with van der Waals surface area (Å²) in [7, 11) is 0. The number of halogens is 4. The first kappa shape index (κ1) is 27.2. The van der Waals surface area contributed by atoms with E-state index in [9.17, 15) is 27.9 Å². The number of benzene rings is 1. The van der Waals surface area contributed by atoms with Gasteiger partial charge in [-0.2, -0.15) is 4.98 Å². The van der Waals surface area contributed by atoms with Crippen molar-refractivity contribution in [2.24, 2.45) is 5.73 Å². The van der Waals surface area contributed by atoms with Crippen LogP contribution < -0.4 is 16.1 Å². The van der Waals surface area contributed by atoms with Gasteiger partial charge in [0.05, 0.1) is 4.88 Å². The highest BCUT2D eigenvalue weighted by Crippen LogP contribution is 2.34. The number of ketones is 1. The van der Waals surface area contributed by atoms with Gasteiger partial charge in [0.2, 0.25) is 0 Å². The first-order valence-corrected chi connectivity index (χ1v) is 11.7. The highest BCUT2D eigenvalue weighted by Gasteiger charge is 2.22. The first-order chi connectivity index (χ1) is 17.1. The van der Waals surface area contributed by atoms with E-state index in [2.05, 4.69) is 4.98 Å². The molecule has 0 amide bonds. The van der Waals surface area contributed by atoms with Gasteiger partial charge in [0, 0.05) is 31.2 Å². The summed E-state index contributed by atoms with van der Waals surface area (Å²) in [6, 6.07) is 2.50. The standard InChI is InChI=1S/C24H20ClF3N2O5S/c1-12(21(32)19-17(31)11-13(34-23(19)33)6-4-2-3-5-7-29)8-18-22(25)30-24(36-18)35-14-9-15(26)20(28)16(27)10-14/h3,5,8-11,31H,2,4,6-7,29H2,1H3/b5-3+,12-8+. The van der Waals surface area contributed by atoms with Gasteiger partial charge < -0.3 is 20.0 Å². The molecule has 0 aliphatic heterocycles. The summed E-state index contributed by atoms with van der Waals surface area (Å²) in [5.74, 6) is -5.96. The number of aromatic hydroxyl groups is 1. The van der Waals surface area contributed by atoms with E-state index in [-0.39, 0.29) is 32.3 Å². The van der Waals surface area contributed by atoms with Gasteiger partial charge in [-0.25, -0.2) is 18.0 Å². The van der Waals surface area contributed by atoms with Crippen LogP contribution in [0.2, 0.25) is 5.15 Å². The fourth-order valence-electron chi connectivity index (χ4n) is 3.05. The van der Waals surface area contributed by atoms with Crippen LogP contribution in [0.5, 0.6) is 16.7 Å². The van der Waals surface area contributed by atoms with Crippen molar-refractivity contribution < 1.29 is 32.2 Å². The summed E-state index contributed by atoms with van der Waals surface area (Å²) in [5.41, 5.74) is 3.86. The topological polar surface area (TPSA) is 116 Å². The van der Waals surface area contributed by atoms with Crippen molar-refractivity contribution in [3.63, 3.8) is 0 Å². The normalized spacial score (nSPS) is 11.9. The van der Waals surface area contributed by atoms with Crippen molar-refractivity contribution in [1.29, 1.82) is 0 Å². The second-order valence-electron chi connectivity index (χ2n) is 7.45. The molecule has 0 bridgehead atoms. The molecule has 0 saturated heterocycles. The fourth-order valence-corrected chi connectivity index (χ4v) is 4.17. The lowest BCUT2D eigenvalue weighted by Crippen LogP contribution is -2.16. The van der Waals surface area contributed by atoms with E-state index in [1.807, 2.05) is 6.08 Å². The minimum atomic E-state index is -1.64. The third kappa shape index (κ3) is 6.62. The third-order valence-corrected chi connectivity index (χ3v) is 6.04. The van der Waals surface area contributed by atoms with E-state index in [0.29, 0.717) is 37.9 Å². The number of allylic oxidation sites excluding steroid dienone is 2. The molecule has 3 N–H and O–H groups in total. The van der Waals surface area contributed by atoms with Crippen LogP contribution in [0.25, 0.3) is 6.08 Å². The smallest absolute Gasteiger partial charge is 0.351 e. The SMILES string of the molecule is C/C(=C\c1sc(Oc2cc(F)c(F)c(F)c2)nc1Cl)C(=O)c1c(O)cc(CCC/C=C/CN)oc1=O. The molecule has 0 spiro atoms. The van der Waals surface area contributed by atoms with E-state index < -0.39 is 40.2 Å². The number of unbranched alkanes of at least 4 members (excludes halogenated alkanes) is 1. The van der Waals surface area contributed by atoms with Gasteiger partial charge in [-0.15, -0.1) is 0 Å². The number of carbonyl (C=O) groups is 1. The molecule has 36 heavy (non-hydrogen) atoms. The number of aromatic nitrogens is 1. The van der Waals surface area contributed by atoms with Gasteiger partial charge in [-0.05, 0) is 31.4 Å². The van der Waals surface area contributed by atoms with Crippen molar-refractivity contribution in [3.8, 4) is 16.7 Å². The number of carbonyl (C=O) groups excluding carboxylic acids is 1. The molecular weight excluding hydrogens is 521 g/mol. The molecule has 0 aliphatic carbocycles. The zero-order valence-corrected chi connectivity index (χ0v) is 20.4. The highest BCUT2D eigenvalue weighted by atomic mass is 35.5. The summed E-state index contributed by atoms with van der Waals surface area (Å²) in [6.07, 6.45) is 6.73. The number of nitrogens with two attached hydrogens (primary N) is 1. The van der Waals surface area contributed by atoms with Crippen molar-refractivity contribution in [3.05, 3.63) is 85.1 Å². The first-order valence-electron chi connectivity index (χ1n) is 10.5. The number of hydrogen-bond acceptors (Lipinski definition) is 8. The maximum Gasteiger partial charge on any atom is 0.351 e. The van der Waals surface area contributed by atoms with Gasteiger partial charge in [0.15, 0.2) is 28.4 Å². The molecule has 0 aliphatic rings. The van der Waals surface area contributed by atoms with Gasteiger partial charge in [0.25, 0.3) is 5.19 Å². The lowest BCUT2D eigenvalue weighted by Gasteiger charge is -2.05. The van der Waals surface area contributed by atoms with E-state index in [0.717, 1.165) is 11.3 Å². The van der Waals surface area contributed by atoms with Crippen LogP contribution in [0.15, 0.2) is 45.1 Å². The molecule has 1 aromatic carbocycles. The Morgan fingerprint density at radius 1 is 1.25 bits per heavy atom. The van der Waals surface area contributed by atoms with Crippen LogP contribution in [-0.2, 0) is 6.42 Å². The molecule has 12 heteroatoms. The molecule has 0 unspecified atom stereocenters. The van der Waals surface area contributed by atoms with Crippen molar-refractivity contribution in [2.45, 2.75) is 26.2 Å². The van der Waals surface area contributed by atoms with Gasteiger partial charge in [0.1, 0.15) is 22.8 Å². The molecule has 3 rings (SSSR count). The van der Waals surface area contributed by atoms with E-state index in [1.165, 1.54) is 19.1 Å². The van der Waals surface area contributed by atoms with Crippen LogP contribution in [-0.4, -0.2) is 22.4 Å². The second kappa shape index (κ2) is 12.0. The molecule has 0 fully saturated rings. The number of nitrogens with zero attached hydrogens (tertiary/aromatic N) is 1. The summed E-state index contributed by atoms with van der Waals surface area (Å²) in [5, 5.41) is 10.1. The summed E-state index contributed by atoms with van der Waals surface area (Å²) in [6.45, 7) is 1.81. The van der Waals surface area contributed by atoms with Gasteiger partial charge in [-0.1, -0.05) is 35.1 Å². The number of ether oxygens (including phenoxy) is 1. The number of Topliss-reactive ketones (excluding diaryl/α,β-unsaturated/α-hetero) is 1. The number of hydrogen-bond donors (Lipinski definition) is 2. The van der Waals surface area contributed by atoms with Crippen LogP contribution in [0, 0.1) is 17.5 Å². The molecule has 190 valence electrons.